The van der Waals surface area contributed by atoms with E-state index in [0.29, 0.717) is 18.1 Å². The molecule has 4 nitrogen and oxygen atoms in total. The van der Waals surface area contributed by atoms with E-state index in [1.54, 1.807) is 14.2 Å². The third-order valence-corrected chi connectivity index (χ3v) is 2.93. The maximum atomic E-state index is 5.91. The Morgan fingerprint density at radius 2 is 1.89 bits per heavy atom. The van der Waals surface area contributed by atoms with Crippen molar-refractivity contribution in [2.24, 2.45) is 5.73 Å². The summed E-state index contributed by atoms with van der Waals surface area (Å²) in [6, 6.07) is 2.05. The largest absolute Gasteiger partial charge is 0.493 e. The van der Waals surface area contributed by atoms with Gasteiger partial charge in [0.25, 0.3) is 0 Å². The van der Waals surface area contributed by atoms with Crippen molar-refractivity contribution in [3.63, 3.8) is 0 Å². The predicted molar refractivity (Wildman–Crippen MR) is 77.4 cm³/mol. The summed E-state index contributed by atoms with van der Waals surface area (Å²) in [4.78, 5) is 0. The lowest BCUT2D eigenvalue weighted by Crippen LogP contribution is -2.19. The van der Waals surface area contributed by atoms with E-state index in [2.05, 4.69) is 6.92 Å². The van der Waals surface area contributed by atoms with Crippen molar-refractivity contribution in [1.82, 2.24) is 0 Å². The molecule has 0 radical (unpaired) electrons. The zero-order valence-electron chi connectivity index (χ0n) is 12.6. The maximum absolute atomic E-state index is 5.91. The lowest BCUT2D eigenvalue weighted by atomic mass is 10.00. The number of hydrogen-bond donors (Lipinski definition) is 1. The van der Waals surface area contributed by atoms with Crippen LogP contribution in [0.5, 0.6) is 17.2 Å². The molecule has 108 valence electrons. The van der Waals surface area contributed by atoms with Gasteiger partial charge in [-0.1, -0.05) is 6.92 Å². The molecule has 1 aromatic carbocycles. The fourth-order valence-corrected chi connectivity index (χ4v) is 2.06. The summed E-state index contributed by atoms with van der Waals surface area (Å²) in [5.41, 5.74) is 8.10. The number of nitrogens with two attached hydrogens (primary N) is 1. The molecule has 4 heteroatoms. The summed E-state index contributed by atoms with van der Waals surface area (Å²) in [5.74, 6) is 2.12. The average molecular weight is 267 g/mol. The van der Waals surface area contributed by atoms with Crippen molar-refractivity contribution in [2.75, 3.05) is 20.8 Å². The smallest absolute Gasteiger partial charge is 0.203 e. The minimum absolute atomic E-state index is 0.0695. The molecule has 0 aliphatic carbocycles. The van der Waals surface area contributed by atoms with Crippen molar-refractivity contribution >= 4 is 0 Å². The second-order valence-corrected chi connectivity index (χ2v) is 4.77. The first-order valence-electron chi connectivity index (χ1n) is 6.67. The summed E-state index contributed by atoms with van der Waals surface area (Å²) in [5, 5.41) is 0. The van der Waals surface area contributed by atoms with Gasteiger partial charge in [0, 0.05) is 11.6 Å². The number of hydrogen-bond acceptors (Lipinski definition) is 4. The van der Waals surface area contributed by atoms with Gasteiger partial charge >= 0.3 is 0 Å². The Morgan fingerprint density at radius 3 is 2.37 bits per heavy atom. The van der Waals surface area contributed by atoms with Crippen molar-refractivity contribution in [1.29, 1.82) is 0 Å². The van der Waals surface area contributed by atoms with E-state index < -0.39 is 0 Å². The van der Waals surface area contributed by atoms with Gasteiger partial charge in [-0.05, 0) is 38.3 Å². The fourth-order valence-electron chi connectivity index (χ4n) is 2.06. The molecule has 1 aromatic rings. The third kappa shape index (κ3) is 3.77. The minimum atomic E-state index is 0.0695. The summed E-state index contributed by atoms with van der Waals surface area (Å²) < 4.78 is 16.7. The summed E-state index contributed by atoms with van der Waals surface area (Å²) in [7, 11) is 3.29. The maximum Gasteiger partial charge on any atom is 0.203 e. The first-order valence-corrected chi connectivity index (χ1v) is 6.67. The monoisotopic (exact) mass is 267 g/mol. The first-order chi connectivity index (χ1) is 9.04. The van der Waals surface area contributed by atoms with Crippen LogP contribution in [0.1, 0.15) is 31.4 Å². The highest BCUT2D eigenvalue weighted by atomic mass is 16.5. The van der Waals surface area contributed by atoms with Gasteiger partial charge in [-0.3, -0.25) is 0 Å². The van der Waals surface area contributed by atoms with Crippen LogP contribution >= 0.6 is 0 Å². The quantitative estimate of drug-likeness (QED) is 0.825. The molecule has 0 aliphatic rings. The molecule has 1 unspecified atom stereocenters. The molecule has 0 aliphatic heterocycles. The van der Waals surface area contributed by atoms with E-state index in [1.165, 1.54) is 0 Å². The molecule has 0 amide bonds. The van der Waals surface area contributed by atoms with E-state index >= 15 is 0 Å². The molecule has 0 heterocycles. The number of aryl methyl sites for hydroxylation is 1. The molecular formula is C15H25NO3. The van der Waals surface area contributed by atoms with Crippen molar-refractivity contribution in [2.45, 2.75) is 39.7 Å². The van der Waals surface area contributed by atoms with Crippen molar-refractivity contribution in [3.05, 3.63) is 17.2 Å². The molecule has 1 rings (SSSR count). The summed E-state index contributed by atoms with van der Waals surface area (Å²) in [6.45, 7) is 6.71. The van der Waals surface area contributed by atoms with Crippen LogP contribution in [0.15, 0.2) is 6.07 Å². The van der Waals surface area contributed by atoms with E-state index in [4.69, 9.17) is 19.9 Å². The van der Waals surface area contributed by atoms with Crippen LogP contribution in [0, 0.1) is 6.92 Å². The Hall–Kier alpha value is -1.42. The number of benzene rings is 1. The van der Waals surface area contributed by atoms with Gasteiger partial charge in [0.15, 0.2) is 11.5 Å². The third-order valence-electron chi connectivity index (χ3n) is 2.93. The van der Waals surface area contributed by atoms with Gasteiger partial charge in [0.05, 0.1) is 20.8 Å². The first kappa shape index (κ1) is 15.6. The van der Waals surface area contributed by atoms with Gasteiger partial charge in [0.2, 0.25) is 5.75 Å². The van der Waals surface area contributed by atoms with E-state index in [-0.39, 0.29) is 6.04 Å². The highest BCUT2D eigenvalue weighted by Gasteiger charge is 2.19. The van der Waals surface area contributed by atoms with Gasteiger partial charge in [-0.25, -0.2) is 0 Å². The average Bonchev–Trinajstić information content (AvgIpc) is 2.38. The Labute approximate surface area is 115 Å². The van der Waals surface area contributed by atoms with Gasteiger partial charge < -0.3 is 19.9 Å². The predicted octanol–water partition coefficient (Wildman–Crippen LogP) is 2.69. The highest BCUT2D eigenvalue weighted by Crippen LogP contribution is 2.42. The molecule has 0 aromatic heterocycles. The zero-order chi connectivity index (χ0) is 14.4. The molecule has 0 saturated heterocycles. The highest BCUT2D eigenvalue weighted by molar-refractivity contribution is 5.59. The molecule has 1 atom stereocenters. The van der Waals surface area contributed by atoms with Crippen LogP contribution in [0.2, 0.25) is 0 Å². The molecule has 0 bridgehead atoms. The Kier molecular flexibility index (Phi) is 5.96. The summed E-state index contributed by atoms with van der Waals surface area (Å²) in [6.07, 6.45) is 1.68. The van der Waals surface area contributed by atoms with Crippen LogP contribution in [-0.2, 0) is 6.42 Å². The Balaban J connectivity index is 3.30. The van der Waals surface area contributed by atoms with E-state index in [9.17, 15) is 0 Å². The number of ether oxygens (including phenoxy) is 3. The second-order valence-electron chi connectivity index (χ2n) is 4.77. The topological polar surface area (TPSA) is 53.7 Å². The van der Waals surface area contributed by atoms with E-state index in [0.717, 1.165) is 29.7 Å². The molecule has 0 fully saturated rings. The fraction of sp³-hybridized carbons (Fsp3) is 0.600. The van der Waals surface area contributed by atoms with E-state index in [1.807, 2.05) is 19.9 Å². The van der Waals surface area contributed by atoms with Crippen LogP contribution in [0.3, 0.4) is 0 Å². The minimum Gasteiger partial charge on any atom is -0.493 e. The van der Waals surface area contributed by atoms with Gasteiger partial charge in [0.1, 0.15) is 0 Å². The lowest BCUT2D eigenvalue weighted by molar-refractivity contribution is 0.273. The number of rotatable bonds is 7. The molecule has 19 heavy (non-hydrogen) atoms. The van der Waals surface area contributed by atoms with Gasteiger partial charge in [-0.15, -0.1) is 0 Å². The van der Waals surface area contributed by atoms with Crippen molar-refractivity contribution in [3.8, 4) is 17.2 Å². The normalized spacial score (nSPS) is 12.1. The molecule has 0 spiro atoms. The SMILES string of the molecule is CCCOc1c(OC)cc(C)c(CC(C)N)c1OC. The van der Waals surface area contributed by atoms with Crippen LogP contribution in [0.4, 0.5) is 0 Å². The Bertz CT molecular complexity index is 416. The lowest BCUT2D eigenvalue weighted by Gasteiger charge is -2.20. The van der Waals surface area contributed by atoms with Crippen LogP contribution in [-0.4, -0.2) is 26.9 Å². The zero-order valence-corrected chi connectivity index (χ0v) is 12.6. The second kappa shape index (κ2) is 7.24. The molecular weight excluding hydrogens is 242 g/mol. The van der Waals surface area contributed by atoms with Crippen LogP contribution < -0.4 is 19.9 Å². The van der Waals surface area contributed by atoms with Gasteiger partial charge in [-0.2, -0.15) is 0 Å². The van der Waals surface area contributed by atoms with Crippen LogP contribution in [0.25, 0.3) is 0 Å². The molecule has 0 saturated carbocycles. The Morgan fingerprint density at radius 1 is 1.21 bits per heavy atom. The summed E-state index contributed by atoms with van der Waals surface area (Å²) >= 11 is 0. The number of methoxy groups -OCH3 is 2. The molecule has 2 N–H and O–H groups in total. The standard InChI is InChI=1S/C15H25NO3/c1-6-7-19-15-13(17-4)8-10(2)12(9-11(3)16)14(15)18-5/h8,11H,6-7,9,16H2,1-5H3. The van der Waals surface area contributed by atoms with Crippen molar-refractivity contribution < 1.29 is 14.2 Å².